The van der Waals surface area contributed by atoms with Crippen LogP contribution in [0.3, 0.4) is 0 Å². The standard InChI is InChI=1S/C15H19BrClN3/c16-11-8-18-14-12(13(11)17)15(9-19-14)4-3-10(7-15)20-5-1-2-6-20/h8,10H,1-7,9H2,(H,18,19)/t10-,15-/m0/s1. The minimum Gasteiger partial charge on any atom is -0.369 e. The summed E-state index contributed by atoms with van der Waals surface area (Å²) in [7, 11) is 0. The van der Waals surface area contributed by atoms with E-state index in [0.717, 1.165) is 27.9 Å². The van der Waals surface area contributed by atoms with Gasteiger partial charge < -0.3 is 10.2 Å². The van der Waals surface area contributed by atoms with E-state index in [2.05, 4.69) is 31.1 Å². The third-order valence-electron chi connectivity index (χ3n) is 5.34. The first-order valence-corrected chi connectivity index (χ1v) is 8.69. The fraction of sp³-hybridized carbons (Fsp3) is 0.667. The van der Waals surface area contributed by atoms with Crippen molar-refractivity contribution < 1.29 is 0 Å². The topological polar surface area (TPSA) is 28.2 Å². The van der Waals surface area contributed by atoms with E-state index < -0.39 is 0 Å². The number of rotatable bonds is 1. The predicted molar refractivity (Wildman–Crippen MR) is 85.6 cm³/mol. The molecule has 0 radical (unpaired) electrons. The van der Waals surface area contributed by atoms with Gasteiger partial charge in [-0.1, -0.05) is 11.6 Å². The Balaban J connectivity index is 1.67. The van der Waals surface area contributed by atoms with Crippen LogP contribution in [0.25, 0.3) is 0 Å². The molecule has 108 valence electrons. The molecule has 0 unspecified atom stereocenters. The summed E-state index contributed by atoms with van der Waals surface area (Å²) < 4.78 is 0.922. The maximum atomic E-state index is 6.58. The molecule has 1 saturated heterocycles. The number of nitrogens with one attached hydrogen (secondary N) is 1. The third kappa shape index (κ3) is 1.92. The van der Waals surface area contributed by atoms with Gasteiger partial charge in [-0.25, -0.2) is 4.98 Å². The lowest BCUT2D eigenvalue weighted by molar-refractivity contribution is 0.238. The molecule has 1 N–H and O–H groups in total. The fourth-order valence-electron chi connectivity index (χ4n) is 4.33. The Morgan fingerprint density at radius 1 is 1.40 bits per heavy atom. The monoisotopic (exact) mass is 355 g/mol. The highest BCUT2D eigenvalue weighted by Gasteiger charge is 2.48. The quantitative estimate of drug-likeness (QED) is 0.829. The summed E-state index contributed by atoms with van der Waals surface area (Å²) in [5, 5.41) is 4.34. The molecular weight excluding hydrogens is 338 g/mol. The molecule has 1 aromatic rings. The zero-order chi connectivity index (χ0) is 13.7. The lowest BCUT2D eigenvalue weighted by Gasteiger charge is -2.28. The van der Waals surface area contributed by atoms with Crippen LogP contribution in [-0.2, 0) is 5.41 Å². The van der Waals surface area contributed by atoms with Crippen molar-refractivity contribution in [3.63, 3.8) is 0 Å². The van der Waals surface area contributed by atoms with Gasteiger partial charge in [0.25, 0.3) is 0 Å². The van der Waals surface area contributed by atoms with Gasteiger partial charge in [-0.15, -0.1) is 0 Å². The number of hydrogen-bond acceptors (Lipinski definition) is 3. The molecule has 2 atom stereocenters. The Hall–Kier alpha value is -0.320. The molecule has 3 nitrogen and oxygen atoms in total. The molecule has 0 aromatic carbocycles. The van der Waals surface area contributed by atoms with Gasteiger partial charge in [0.1, 0.15) is 5.82 Å². The molecule has 20 heavy (non-hydrogen) atoms. The molecule has 0 bridgehead atoms. The number of likely N-dealkylation sites (tertiary alicyclic amines) is 1. The van der Waals surface area contributed by atoms with E-state index in [4.69, 9.17) is 11.6 Å². The minimum absolute atomic E-state index is 0.205. The molecule has 0 amide bonds. The summed E-state index contributed by atoms with van der Waals surface area (Å²) in [6, 6.07) is 0.736. The summed E-state index contributed by atoms with van der Waals surface area (Å²) in [6.07, 6.45) is 8.29. The second-order valence-electron chi connectivity index (χ2n) is 6.42. The van der Waals surface area contributed by atoms with Gasteiger partial charge in [0.2, 0.25) is 0 Å². The average molecular weight is 357 g/mol. The first-order valence-electron chi connectivity index (χ1n) is 7.52. The van der Waals surface area contributed by atoms with Crippen molar-refractivity contribution >= 4 is 33.3 Å². The van der Waals surface area contributed by atoms with Crippen LogP contribution in [0, 0.1) is 0 Å². The number of nitrogens with zero attached hydrogens (tertiary/aromatic N) is 2. The summed E-state index contributed by atoms with van der Waals surface area (Å²) in [6.45, 7) is 3.56. The van der Waals surface area contributed by atoms with Crippen molar-refractivity contribution in [2.24, 2.45) is 0 Å². The SMILES string of the molecule is Clc1c(Br)cnc2c1[C@]1(CC[C@H](N3CCCC3)C1)CN2. The normalized spacial score (nSPS) is 32.8. The van der Waals surface area contributed by atoms with Gasteiger partial charge in [0.15, 0.2) is 0 Å². The lowest BCUT2D eigenvalue weighted by atomic mass is 9.81. The third-order valence-corrected chi connectivity index (χ3v) is 6.56. The van der Waals surface area contributed by atoms with E-state index >= 15 is 0 Å². The van der Waals surface area contributed by atoms with E-state index in [9.17, 15) is 0 Å². The second-order valence-corrected chi connectivity index (χ2v) is 7.65. The van der Waals surface area contributed by atoms with Gasteiger partial charge >= 0.3 is 0 Å². The number of halogens is 2. The first-order chi connectivity index (χ1) is 9.70. The number of pyridine rings is 1. The van der Waals surface area contributed by atoms with Crippen molar-refractivity contribution in [1.82, 2.24) is 9.88 Å². The predicted octanol–water partition coefficient (Wildman–Crippen LogP) is 3.81. The Morgan fingerprint density at radius 3 is 3.00 bits per heavy atom. The Morgan fingerprint density at radius 2 is 2.20 bits per heavy atom. The summed E-state index contributed by atoms with van der Waals surface area (Å²) in [4.78, 5) is 7.19. The van der Waals surface area contributed by atoms with E-state index in [1.165, 1.54) is 50.8 Å². The van der Waals surface area contributed by atoms with Gasteiger partial charge in [0, 0.05) is 29.8 Å². The van der Waals surface area contributed by atoms with Crippen LogP contribution in [0.2, 0.25) is 5.02 Å². The Labute approximate surface area is 133 Å². The fourth-order valence-corrected chi connectivity index (χ4v) is 4.97. The molecule has 2 fully saturated rings. The maximum Gasteiger partial charge on any atom is 0.131 e. The summed E-state index contributed by atoms with van der Waals surface area (Å²) in [5.41, 5.74) is 1.46. The van der Waals surface area contributed by atoms with Gasteiger partial charge in [0.05, 0.1) is 9.50 Å². The van der Waals surface area contributed by atoms with Crippen molar-refractivity contribution in [2.75, 3.05) is 25.0 Å². The minimum atomic E-state index is 0.205. The number of aromatic nitrogens is 1. The molecular formula is C15H19BrClN3. The molecule has 1 aromatic heterocycles. The van der Waals surface area contributed by atoms with Crippen molar-refractivity contribution in [1.29, 1.82) is 0 Å². The molecule has 4 rings (SSSR count). The molecule has 5 heteroatoms. The molecule has 1 spiro atoms. The highest BCUT2D eigenvalue weighted by atomic mass is 79.9. The molecule has 1 saturated carbocycles. The van der Waals surface area contributed by atoms with Crippen LogP contribution >= 0.6 is 27.5 Å². The Kier molecular flexibility index (Phi) is 3.24. The van der Waals surface area contributed by atoms with Gasteiger partial charge in [-0.3, -0.25) is 0 Å². The molecule has 3 aliphatic rings. The van der Waals surface area contributed by atoms with Crippen molar-refractivity contribution in [3.8, 4) is 0 Å². The van der Waals surface area contributed by atoms with Gasteiger partial charge in [-0.2, -0.15) is 0 Å². The summed E-state index contributed by atoms with van der Waals surface area (Å²) >= 11 is 10.1. The van der Waals surface area contributed by atoms with Crippen LogP contribution in [0.1, 0.15) is 37.7 Å². The van der Waals surface area contributed by atoms with E-state index in [0.29, 0.717) is 0 Å². The zero-order valence-electron chi connectivity index (χ0n) is 11.5. The average Bonchev–Trinajstić information content (AvgIpc) is 3.15. The van der Waals surface area contributed by atoms with Crippen molar-refractivity contribution in [2.45, 2.75) is 43.6 Å². The van der Waals surface area contributed by atoms with Crippen LogP contribution < -0.4 is 5.32 Å². The van der Waals surface area contributed by atoms with Gasteiger partial charge in [-0.05, 0) is 61.1 Å². The van der Waals surface area contributed by atoms with Crippen LogP contribution in [0.4, 0.5) is 5.82 Å². The maximum absolute atomic E-state index is 6.58. The van der Waals surface area contributed by atoms with E-state index in [-0.39, 0.29) is 5.41 Å². The molecule has 2 aliphatic heterocycles. The smallest absolute Gasteiger partial charge is 0.131 e. The lowest BCUT2D eigenvalue weighted by Crippen LogP contribution is -2.33. The molecule has 1 aliphatic carbocycles. The highest BCUT2D eigenvalue weighted by Crippen LogP contribution is 2.52. The highest BCUT2D eigenvalue weighted by molar-refractivity contribution is 9.10. The van der Waals surface area contributed by atoms with Crippen LogP contribution in [0.15, 0.2) is 10.7 Å². The Bertz CT molecular complexity index is 544. The largest absolute Gasteiger partial charge is 0.369 e. The first kappa shape index (κ1) is 13.4. The molecule has 3 heterocycles. The van der Waals surface area contributed by atoms with Crippen LogP contribution in [-0.4, -0.2) is 35.6 Å². The number of fused-ring (bicyclic) bond motifs is 2. The second kappa shape index (κ2) is 4.85. The van der Waals surface area contributed by atoms with E-state index in [1.807, 2.05) is 0 Å². The van der Waals surface area contributed by atoms with Crippen LogP contribution in [0.5, 0.6) is 0 Å². The van der Waals surface area contributed by atoms with Crippen molar-refractivity contribution in [3.05, 3.63) is 21.3 Å². The summed E-state index contributed by atoms with van der Waals surface area (Å²) in [5.74, 6) is 1.00. The zero-order valence-corrected chi connectivity index (χ0v) is 13.8. The number of hydrogen-bond donors (Lipinski definition) is 1. The van der Waals surface area contributed by atoms with E-state index in [1.54, 1.807) is 6.20 Å². The number of anilines is 1.